The minimum Gasteiger partial charge on any atom is -0.375 e. The van der Waals surface area contributed by atoms with E-state index in [1.54, 1.807) is 0 Å². The summed E-state index contributed by atoms with van der Waals surface area (Å²) in [5.41, 5.74) is 30.2. The first-order valence-corrected chi connectivity index (χ1v) is 27.3. The lowest BCUT2D eigenvalue weighted by Gasteiger charge is -2.34. The van der Waals surface area contributed by atoms with Crippen molar-refractivity contribution in [2.24, 2.45) is 0 Å². The van der Waals surface area contributed by atoms with Crippen molar-refractivity contribution in [3.8, 4) is 55.9 Å². The maximum Gasteiger partial charge on any atom is 0.333 e. The van der Waals surface area contributed by atoms with Crippen molar-refractivity contribution in [2.45, 2.75) is 26.2 Å². The molecule has 0 atom stereocenters. The molecule has 0 unspecified atom stereocenters. The predicted octanol–water partition coefficient (Wildman–Crippen LogP) is 14.7. The molecule has 0 N–H and O–H groups in total. The SMILES string of the molecule is CCCCc1cc2c3c(c1)c1cc(-c4cc5c6c(c4)c4ccccc4n6B4c6c-5cccc6-n5c6c4cccc6c4cccc(-c6ccccc6)c45)ccc1n3B1c3c-2cccc3-n2c3ccccc3c3cccc1c32. The number of aryl methyl sites for hydroxylation is 1. The van der Waals surface area contributed by atoms with Crippen molar-refractivity contribution in [3.63, 3.8) is 0 Å². The molecule has 0 aliphatic carbocycles. The first-order chi connectivity index (χ1) is 37.7. The highest BCUT2D eigenvalue weighted by Gasteiger charge is 2.43. The molecule has 15 aromatic rings. The molecular weight excluding hydrogens is 918 g/mol. The van der Waals surface area contributed by atoms with Gasteiger partial charge in [0, 0.05) is 93.2 Å². The van der Waals surface area contributed by atoms with Crippen LogP contribution in [0.3, 0.4) is 0 Å². The van der Waals surface area contributed by atoms with Crippen LogP contribution in [0.4, 0.5) is 0 Å². The Bertz CT molecular complexity index is 5180. The first-order valence-electron chi connectivity index (χ1n) is 27.3. The Morgan fingerprint density at radius 2 is 0.868 bits per heavy atom. The molecule has 4 aliphatic heterocycles. The highest BCUT2D eigenvalue weighted by Crippen LogP contribution is 2.48. The molecule has 6 heteroatoms. The van der Waals surface area contributed by atoms with Crippen LogP contribution >= 0.6 is 0 Å². The minimum atomic E-state index is 0.0113. The molecule has 11 aromatic carbocycles. The molecule has 19 rings (SSSR count). The molecule has 0 amide bonds. The van der Waals surface area contributed by atoms with E-state index in [1.807, 2.05) is 0 Å². The second-order valence-corrected chi connectivity index (χ2v) is 22.1. The zero-order chi connectivity index (χ0) is 49.2. The van der Waals surface area contributed by atoms with E-state index >= 15 is 0 Å². The topological polar surface area (TPSA) is 19.7 Å². The number of hydrogen-bond acceptors (Lipinski definition) is 0. The summed E-state index contributed by atoms with van der Waals surface area (Å²) in [6.07, 6.45) is 3.39. The Kier molecular flexibility index (Phi) is 7.46. The lowest BCUT2D eigenvalue weighted by Crippen LogP contribution is -2.55. The number of para-hydroxylation sites is 5. The number of fused-ring (bicyclic) bond motifs is 20. The molecule has 0 spiro atoms. The number of benzene rings is 11. The number of aromatic nitrogens is 4. The smallest absolute Gasteiger partial charge is 0.333 e. The van der Waals surface area contributed by atoms with Gasteiger partial charge in [0.05, 0.1) is 22.1 Å². The van der Waals surface area contributed by atoms with Crippen molar-refractivity contribution in [1.29, 1.82) is 0 Å². The van der Waals surface area contributed by atoms with E-state index in [0.29, 0.717) is 0 Å². The molecule has 0 saturated carbocycles. The van der Waals surface area contributed by atoms with Crippen LogP contribution in [0, 0.1) is 0 Å². The lowest BCUT2D eigenvalue weighted by molar-refractivity contribution is 0.796. The molecule has 4 nitrogen and oxygen atoms in total. The van der Waals surface area contributed by atoms with E-state index < -0.39 is 0 Å². The first kappa shape index (κ1) is 40.2. The van der Waals surface area contributed by atoms with Crippen molar-refractivity contribution >= 4 is 123 Å². The third kappa shape index (κ3) is 4.73. The van der Waals surface area contributed by atoms with Crippen molar-refractivity contribution in [3.05, 3.63) is 218 Å². The summed E-state index contributed by atoms with van der Waals surface area (Å²) < 4.78 is 10.6. The summed E-state index contributed by atoms with van der Waals surface area (Å²) >= 11 is 0. The Labute approximate surface area is 438 Å². The van der Waals surface area contributed by atoms with E-state index in [2.05, 4.69) is 237 Å². The zero-order valence-electron chi connectivity index (χ0n) is 41.8. The van der Waals surface area contributed by atoms with Crippen LogP contribution in [-0.2, 0) is 6.42 Å². The molecule has 0 fully saturated rings. The molecule has 4 aliphatic rings. The molecule has 350 valence electrons. The van der Waals surface area contributed by atoms with Crippen LogP contribution in [0.1, 0.15) is 25.3 Å². The average Bonchev–Trinajstić information content (AvgIpc) is 4.32. The fraction of sp³-hybridized carbons (Fsp3) is 0.0571. The molecule has 76 heavy (non-hydrogen) atoms. The van der Waals surface area contributed by atoms with Crippen molar-refractivity contribution in [2.75, 3.05) is 0 Å². The van der Waals surface area contributed by atoms with E-state index in [-0.39, 0.29) is 13.7 Å². The highest BCUT2D eigenvalue weighted by atomic mass is 15.0. The van der Waals surface area contributed by atoms with Gasteiger partial charge in [-0.1, -0.05) is 165 Å². The Balaban J connectivity index is 0.879. The van der Waals surface area contributed by atoms with Crippen LogP contribution in [0.15, 0.2) is 212 Å². The van der Waals surface area contributed by atoms with E-state index in [9.17, 15) is 0 Å². The van der Waals surface area contributed by atoms with Crippen LogP contribution in [0.25, 0.3) is 143 Å². The zero-order valence-corrected chi connectivity index (χ0v) is 41.8. The predicted molar refractivity (Wildman–Crippen MR) is 322 cm³/mol. The quantitative estimate of drug-likeness (QED) is 0.153. The second kappa shape index (κ2) is 14.1. The summed E-state index contributed by atoms with van der Waals surface area (Å²) in [5.74, 6) is 0. The maximum absolute atomic E-state index is 2.73. The van der Waals surface area contributed by atoms with Gasteiger partial charge in [-0.15, -0.1) is 0 Å². The molecule has 0 saturated heterocycles. The number of unbranched alkanes of at least 4 members (excludes halogenated alkanes) is 1. The van der Waals surface area contributed by atoms with Gasteiger partial charge in [0.25, 0.3) is 0 Å². The van der Waals surface area contributed by atoms with Gasteiger partial charge in [0.15, 0.2) is 0 Å². The van der Waals surface area contributed by atoms with Crippen LogP contribution < -0.4 is 21.9 Å². The second-order valence-electron chi connectivity index (χ2n) is 22.1. The van der Waals surface area contributed by atoms with Crippen LogP contribution in [0.2, 0.25) is 0 Å². The summed E-state index contributed by atoms with van der Waals surface area (Å²) in [4.78, 5) is 0. The van der Waals surface area contributed by atoms with Gasteiger partial charge in [0.1, 0.15) is 0 Å². The Morgan fingerprint density at radius 3 is 1.61 bits per heavy atom. The normalized spacial score (nSPS) is 13.4. The molecule has 0 bridgehead atoms. The number of nitrogens with zero attached hydrogens (tertiary/aromatic N) is 4. The summed E-state index contributed by atoms with van der Waals surface area (Å²) in [7, 11) is 0. The Hall–Kier alpha value is -9.25. The van der Waals surface area contributed by atoms with Gasteiger partial charge in [-0.05, 0) is 129 Å². The van der Waals surface area contributed by atoms with Crippen molar-refractivity contribution in [1.82, 2.24) is 18.1 Å². The van der Waals surface area contributed by atoms with Crippen LogP contribution in [-0.4, -0.2) is 31.8 Å². The minimum absolute atomic E-state index is 0.0113. The molecular formula is C70H44B2N4. The third-order valence-electron chi connectivity index (χ3n) is 18.4. The maximum atomic E-state index is 2.73. The van der Waals surface area contributed by atoms with Crippen molar-refractivity contribution < 1.29 is 0 Å². The summed E-state index contributed by atoms with van der Waals surface area (Å²) in [6, 6.07) is 81.8. The largest absolute Gasteiger partial charge is 0.375 e. The van der Waals surface area contributed by atoms with E-state index in [4.69, 9.17) is 0 Å². The van der Waals surface area contributed by atoms with Crippen LogP contribution in [0.5, 0.6) is 0 Å². The highest BCUT2D eigenvalue weighted by molar-refractivity contribution is 6.91. The van der Waals surface area contributed by atoms with Gasteiger partial charge in [-0.25, -0.2) is 0 Å². The number of rotatable bonds is 5. The fourth-order valence-corrected chi connectivity index (χ4v) is 15.5. The van der Waals surface area contributed by atoms with Gasteiger partial charge in [-0.2, -0.15) is 0 Å². The third-order valence-corrected chi connectivity index (χ3v) is 18.4. The van der Waals surface area contributed by atoms with Gasteiger partial charge >= 0.3 is 13.7 Å². The van der Waals surface area contributed by atoms with Gasteiger partial charge < -0.3 is 18.1 Å². The van der Waals surface area contributed by atoms with E-state index in [1.165, 1.54) is 171 Å². The fourth-order valence-electron chi connectivity index (χ4n) is 15.5. The molecule has 8 heterocycles. The lowest BCUT2D eigenvalue weighted by atomic mass is 9.45. The summed E-state index contributed by atoms with van der Waals surface area (Å²) in [5, 5.41) is 10.5. The van der Waals surface area contributed by atoms with E-state index in [0.717, 1.165) is 19.3 Å². The molecule has 0 radical (unpaired) electrons. The summed E-state index contributed by atoms with van der Waals surface area (Å²) in [6.45, 7) is 2.35. The van der Waals surface area contributed by atoms with Gasteiger partial charge in [-0.3, -0.25) is 0 Å². The average molecular weight is 963 g/mol. The molecule has 4 aromatic heterocycles. The monoisotopic (exact) mass is 962 g/mol. The standard InChI is InChI=1S/C70H44B2N4/c1-2-3-16-40-35-53-47-22-14-31-62-64(47)71(57-27-12-25-49-45-19-7-9-29-59(45)73(62)69(49)57)76-61-34-33-42(37-52(61)54(36-40)67(53)76)43-38-55-46-20-8-10-30-60(46)75-68(55)56(39-43)48-23-15-32-63-65(48)72(75)58-28-13-26-51-50-24-11-21-44(41-17-5-4-6-18-41)66(50)74(63)70(51)58/h4-15,17-39H,2-3,16H2,1H3. The van der Waals surface area contributed by atoms with Gasteiger partial charge in [0.2, 0.25) is 0 Å². The number of hydrogen-bond donors (Lipinski definition) is 0. The Morgan fingerprint density at radius 1 is 0.329 bits per heavy atom.